The van der Waals surface area contributed by atoms with Crippen LogP contribution in [0.3, 0.4) is 0 Å². The molecule has 0 heterocycles. The Labute approximate surface area is 76.7 Å². The molecule has 76 valence electrons. The van der Waals surface area contributed by atoms with Gasteiger partial charge in [-0.05, 0) is 19.3 Å². The molecule has 0 aromatic rings. The molecule has 1 aliphatic carbocycles. The number of carbonyl (C=O) groups excluding carboxylic acids is 1. The van der Waals surface area contributed by atoms with Gasteiger partial charge in [-0.3, -0.25) is 4.79 Å². The predicted molar refractivity (Wildman–Crippen MR) is 45.6 cm³/mol. The van der Waals surface area contributed by atoms with Crippen LogP contribution in [0.2, 0.25) is 0 Å². The lowest BCUT2D eigenvalue weighted by Crippen LogP contribution is -2.42. The van der Waals surface area contributed by atoms with Crippen molar-refractivity contribution in [2.24, 2.45) is 5.92 Å². The first-order valence-electron chi connectivity index (χ1n) is 4.58. The van der Waals surface area contributed by atoms with Crippen molar-refractivity contribution in [2.45, 2.75) is 45.1 Å². The largest absolute Gasteiger partial charge is 0.348 e. The van der Waals surface area contributed by atoms with Crippen molar-refractivity contribution < 1.29 is 13.6 Å². The highest BCUT2D eigenvalue weighted by Crippen LogP contribution is 2.33. The van der Waals surface area contributed by atoms with E-state index in [0.717, 1.165) is 6.42 Å². The second kappa shape index (κ2) is 3.60. The van der Waals surface area contributed by atoms with Gasteiger partial charge in [0.2, 0.25) is 0 Å². The Kier molecular flexibility index (Phi) is 2.88. The monoisotopic (exact) mass is 191 g/mol. The van der Waals surface area contributed by atoms with E-state index in [1.54, 1.807) is 6.92 Å². The van der Waals surface area contributed by atoms with Gasteiger partial charge in [-0.15, -0.1) is 0 Å². The summed E-state index contributed by atoms with van der Waals surface area (Å²) in [5.41, 5.74) is 0. The third-order valence-corrected chi connectivity index (χ3v) is 2.16. The molecule has 0 saturated heterocycles. The quantitative estimate of drug-likeness (QED) is 0.723. The van der Waals surface area contributed by atoms with Gasteiger partial charge < -0.3 is 5.32 Å². The number of halogens is 2. The van der Waals surface area contributed by atoms with Gasteiger partial charge in [0.15, 0.2) is 0 Å². The zero-order valence-electron chi connectivity index (χ0n) is 7.94. The fourth-order valence-electron chi connectivity index (χ4n) is 1.26. The molecule has 1 atom stereocenters. The highest BCUT2D eigenvalue weighted by molar-refractivity contribution is 5.83. The van der Waals surface area contributed by atoms with E-state index in [1.807, 2.05) is 0 Å². The van der Waals surface area contributed by atoms with Gasteiger partial charge in [-0.2, -0.15) is 8.78 Å². The summed E-state index contributed by atoms with van der Waals surface area (Å²) in [5.74, 6) is -3.78. The van der Waals surface area contributed by atoms with E-state index >= 15 is 0 Å². The smallest absolute Gasteiger partial charge is 0.321 e. The number of rotatable bonds is 4. The van der Waals surface area contributed by atoms with Crippen LogP contribution >= 0.6 is 0 Å². The molecule has 13 heavy (non-hydrogen) atoms. The fourth-order valence-corrected chi connectivity index (χ4v) is 1.26. The Morgan fingerprint density at radius 3 is 2.54 bits per heavy atom. The molecule has 0 radical (unpaired) electrons. The van der Waals surface area contributed by atoms with E-state index in [1.165, 1.54) is 12.8 Å². The summed E-state index contributed by atoms with van der Waals surface area (Å²) in [5, 5.41) is 2.30. The Hall–Kier alpha value is -0.670. The van der Waals surface area contributed by atoms with E-state index in [4.69, 9.17) is 0 Å². The van der Waals surface area contributed by atoms with Crippen LogP contribution in [0.5, 0.6) is 0 Å². The van der Waals surface area contributed by atoms with E-state index in [2.05, 4.69) is 5.32 Å². The van der Waals surface area contributed by atoms with Crippen molar-refractivity contribution in [2.75, 3.05) is 0 Å². The summed E-state index contributed by atoms with van der Waals surface area (Å²) < 4.78 is 24.8. The Balaban J connectivity index is 2.25. The Morgan fingerprint density at radius 1 is 1.62 bits per heavy atom. The molecular formula is C9H15F2NO. The molecule has 0 spiro atoms. The topological polar surface area (TPSA) is 29.1 Å². The molecule has 0 aliphatic heterocycles. The number of amides is 1. The van der Waals surface area contributed by atoms with E-state index in [0.29, 0.717) is 12.8 Å². The Morgan fingerprint density at radius 2 is 2.15 bits per heavy atom. The molecule has 2 nitrogen and oxygen atoms in total. The third kappa shape index (κ3) is 3.70. The number of hydrogen-bond acceptors (Lipinski definition) is 1. The van der Waals surface area contributed by atoms with E-state index in [-0.39, 0.29) is 6.04 Å². The van der Waals surface area contributed by atoms with Gasteiger partial charge in [0.05, 0.1) is 0 Å². The van der Waals surface area contributed by atoms with Crippen molar-refractivity contribution in [3.8, 4) is 0 Å². The zero-order valence-corrected chi connectivity index (χ0v) is 7.94. The molecule has 1 N–H and O–H groups in total. The summed E-state index contributed by atoms with van der Waals surface area (Å²) in [7, 11) is 0. The van der Waals surface area contributed by atoms with Crippen LogP contribution < -0.4 is 5.32 Å². The average Bonchev–Trinajstić information content (AvgIpc) is 2.68. The van der Waals surface area contributed by atoms with Crippen LogP contribution in [-0.4, -0.2) is 17.9 Å². The molecule has 1 saturated carbocycles. The van der Waals surface area contributed by atoms with Crippen LogP contribution in [-0.2, 0) is 4.79 Å². The first kappa shape index (κ1) is 10.4. The minimum Gasteiger partial charge on any atom is -0.348 e. The number of hydrogen-bond donors (Lipinski definition) is 1. The van der Waals surface area contributed by atoms with Crippen LogP contribution in [0.25, 0.3) is 0 Å². The molecule has 0 aromatic heterocycles. The summed E-state index contributed by atoms with van der Waals surface area (Å²) in [4.78, 5) is 10.8. The summed E-state index contributed by atoms with van der Waals surface area (Å²) in [6.07, 6.45) is 3.16. The molecular weight excluding hydrogens is 176 g/mol. The highest BCUT2D eigenvalue weighted by Gasteiger charge is 2.33. The van der Waals surface area contributed by atoms with Crippen LogP contribution in [0, 0.1) is 5.92 Å². The lowest BCUT2D eigenvalue weighted by molar-refractivity contribution is -0.143. The molecule has 4 heteroatoms. The second-order valence-electron chi connectivity index (χ2n) is 3.94. The van der Waals surface area contributed by atoms with E-state index < -0.39 is 11.8 Å². The second-order valence-corrected chi connectivity index (χ2v) is 3.94. The van der Waals surface area contributed by atoms with E-state index in [9.17, 15) is 13.6 Å². The van der Waals surface area contributed by atoms with Crippen LogP contribution in [0.15, 0.2) is 0 Å². The lowest BCUT2D eigenvalue weighted by Gasteiger charge is -2.16. The van der Waals surface area contributed by atoms with Gasteiger partial charge in [0.25, 0.3) is 5.91 Å². The van der Waals surface area contributed by atoms with Crippen LogP contribution in [0.1, 0.15) is 33.1 Å². The van der Waals surface area contributed by atoms with Gasteiger partial charge in [-0.25, -0.2) is 0 Å². The van der Waals surface area contributed by atoms with Crippen LogP contribution in [0.4, 0.5) is 8.78 Å². The SMILES string of the molecule is CC(CC1CC1)NC(=O)C(C)(F)F. The van der Waals surface area contributed by atoms with Crippen molar-refractivity contribution >= 4 is 5.91 Å². The molecule has 1 fully saturated rings. The molecule has 0 bridgehead atoms. The fraction of sp³-hybridized carbons (Fsp3) is 0.889. The third-order valence-electron chi connectivity index (χ3n) is 2.16. The summed E-state index contributed by atoms with van der Waals surface area (Å²) in [6, 6.07) is -0.133. The summed E-state index contributed by atoms with van der Waals surface area (Å²) >= 11 is 0. The maximum absolute atomic E-state index is 12.4. The van der Waals surface area contributed by atoms with Gasteiger partial charge in [0, 0.05) is 13.0 Å². The van der Waals surface area contributed by atoms with Crippen molar-refractivity contribution in [1.29, 1.82) is 0 Å². The first-order chi connectivity index (χ1) is 5.89. The summed E-state index contributed by atoms with van der Waals surface area (Å²) in [6.45, 7) is 2.38. The standard InChI is InChI=1S/C9H15F2NO/c1-6(5-7-3-4-7)12-8(13)9(2,10)11/h6-7H,3-5H2,1-2H3,(H,12,13). The molecule has 1 amide bonds. The number of nitrogens with one attached hydrogen (secondary N) is 1. The van der Waals surface area contributed by atoms with Crippen molar-refractivity contribution in [1.82, 2.24) is 5.32 Å². The first-order valence-corrected chi connectivity index (χ1v) is 4.58. The van der Waals surface area contributed by atoms with Crippen molar-refractivity contribution in [3.05, 3.63) is 0 Å². The average molecular weight is 191 g/mol. The van der Waals surface area contributed by atoms with Gasteiger partial charge >= 0.3 is 5.92 Å². The molecule has 1 unspecified atom stereocenters. The lowest BCUT2D eigenvalue weighted by atomic mass is 10.1. The van der Waals surface area contributed by atoms with Gasteiger partial charge in [-0.1, -0.05) is 12.8 Å². The minimum atomic E-state index is -3.25. The number of alkyl halides is 2. The maximum Gasteiger partial charge on any atom is 0.321 e. The van der Waals surface area contributed by atoms with Crippen molar-refractivity contribution in [3.63, 3.8) is 0 Å². The predicted octanol–water partition coefficient (Wildman–Crippen LogP) is 1.95. The molecule has 0 aromatic carbocycles. The molecule has 1 rings (SSSR count). The van der Waals surface area contributed by atoms with Gasteiger partial charge in [0.1, 0.15) is 0 Å². The highest BCUT2D eigenvalue weighted by atomic mass is 19.3. The minimum absolute atomic E-state index is 0.133. The molecule has 1 aliphatic rings. The number of carbonyl (C=O) groups is 1. The maximum atomic E-state index is 12.4. The Bertz CT molecular complexity index is 196. The normalized spacial score (nSPS) is 19.7. The zero-order chi connectivity index (χ0) is 10.1.